The Morgan fingerprint density at radius 2 is 0.672 bits per heavy atom. The number of aliphatic carboxylic acids is 2. The van der Waals surface area contributed by atoms with Gasteiger partial charge >= 0.3 is 11.9 Å². The summed E-state index contributed by atoms with van der Waals surface area (Å²) in [4.78, 5) is 55.6. The first kappa shape index (κ1) is 64.1. The highest BCUT2D eigenvalue weighted by atomic mass is 16.6. The molecule has 0 rings (SSSR count). The van der Waals surface area contributed by atoms with E-state index < -0.39 is 23.9 Å². The molecule has 1 radical (unpaired) electrons. The van der Waals surface area contributed by atoms with Crippen LogP contribution in [0.1, 0.15) is 96.3 Å². The van der Waals surface area contributed by atoms with Crippen molar-refractivity contribution in [3.8, 4) is 0 Å². The van der Waals surface area contributed by atoms with Crippen molar-refractivity contribution in [3.63, 3.8) is 0 Å². The van der Waals surface area contributed by atoms with Gasteiger partial charge in [0.05, 0.1) is 159 Å². The fourth-order valence-electron chi connectivity index (χ4n) is 5.74. The van der Waals surface area contributed by atoms with Crippen LogP contribution in [-0.4, -0.2) is 211 Å². The van der Waals surface area contributed by atoms with Crippen molar-refractivity contribution in [1.29, 1.82) is 0 Å². The predicted molar refractivity (Wildman–Crippen MR) is 245 cm³/mol. The van der Waals surface area contributed by atoms with Crippen LogP contribution in [0.5, 0.6) is 0 Å². The van der Waals surface area contributed by atoms with Gasteiger partial charge in [0, 0.05) is 32.2 Å². The summed E-state index contributed by atoms with van der Waals surface area (Å²) < 4.78 is 65.6. The van der Waals surface area contributed by atoms with Crippen molar-refractivity contribution in [2.45, 2.75) is 102 Å². The minimum absolute atomic E-state index is 0.000443. The minimum atomic E-state index is -1.20. The number of nitrogens with one attached hydrogen (secondary N) is 2. The number of hydrogen-bond acceptors (Lipinski definition) is 17. The molecular weight excluding hydrogens is 885 g/mol. The second-order valence-corrected chi connectivity index (χ2v) is 15.0. The van der Waals surface area contributed by atoms with Crippen molar-refractivity contribution in [2.24, 2.45) is 0 Å². The number of unbranched alkanes of at least 4 members (excludes halogenated alkanes) is 9. The average Bonchev–Trinajstić information content (AvgIpc) is 3.31. The van der Waals surface area contributed by atoms with E-state index in [1.165, 1.54) is 25.7 Å². The molecule has 0 aromatic rings. The molecule has 0 aliphatic rings. The number of ether oxygens (including phenoxy) is 12. The predicted octanol–water partition coefficient (Wildman–Crippen LogP) is 2.92. The Balaban J connectivity index is 3.19. The zero-order chi connectivity index (χ0) is 48.8. The largest absolute Gasteiger partial charge is 0.481 e. The van der Waals surface area contributed by atoms with Crippen molar-refractivity contribution in [3.05, 3.63) is 0 Å². The number of carbonyl (C=O) groups is 4. The number of carbonyl (C=O) groups excluding carboxylic acids is 3. The Kier molecular flexibility index (Phi) is 51.7. The van der Waals surface area contributed by atoms with E-state index in [-0.39, 0.29) is 44.8 Å². The van der Waals surface area contributed by atoms with Gasteiger partial charge in [-0.05, 0) is 19.3 Å². The van der Waals surface area contributed by atoms with Crippen LogP contribution in [0.15, 0.2) is 0 Å². The van der Waals surface area contributed by atoms with Crippen LogP contribution >= 0.6 is 0 Å². The van der Waals surface area contributed by atoms with Crippen LogP contribution in [0.3, 0.4) is 0 Å². The summed E-state index contributed by atoms with van der Waals surface area (Å²) in [5, 5.41) is 22.9. The van der Waals surface area contributed by atoms with Crippen LogP contribution in [0.25, 0.3) is 0 Å². The van der Waals surface area contributed by atoms with Crippen molar-refractivity contribution < 1.29 is 91.0 Å². The third-order valence-corrected chi connectivity index (χ3v) is 9.35. The Morgan fingerprint density at radius 1 is 0.373 bits per heavy atom. The maximum atomic E-state index is 12.0. The average molecular weight is 970 g/mol. The minimum Gasteiger partial charge on any atom is -0.481 e. The third kappa shape index (κ3) is 53.9. The van der Waals surface area contributed by atoms with Gasteiger partial charge in [0.2, 0.25) is 11.8 Å². The molecule has 0 aliphatic heterocycles. The maximum absolute atomic E-state index is 12.0. The number of hydrogen-bond donors (Lipinski definition) is 4. The quantitative estimate of drug-likeness (QED) is 0.0639. The Labute approximate surface area is 398 Å². The van der Waals surface area contributed by atoms with Crippen LogP contribution in [0.4, 0.5) is 0 Å². The highest BCUT2D eigenvalue weighted by Gasteiger charge is 2.19. The molecular formula is C46H85N2O19. The van der Waals surface area contributed by atoms with Gasteiger partial charge in [-0.15, -0.1) is 0 Å². The van der Waals surface area contributed by atoms with Crippen molar-refractivity contribution in [1.82, 2.24) is 10.6 Å². The van der Waals surface area contributed by atoms with Gasteiger partial charge in [-0.2, -0.15) is 0 Å². The molecule has 0 aromatic carbocycles. The van der Waals surface area contributed by atoms with Crippen LogP contribution in [0, 0.1) is 0 Å². The first-order valence-electron chi connectivity index (χ1n) is 24.1. The Morgan fingerprint density at radius 3 is 0.985 bits per heavy atom. The topological polar surface area (TPSA) is 261 Å². The van der Waals surface area contributed by atoms with Crippen molar-refractivity contribution >= 4 is 30.0 Å². The van der Waals surface area contributed by atoms with E-state index in [4.69, 9.17) is 67.1 Å². The molecule has 0 fully saturated rings. The summed E-state index contributed by atoms with van der Waals surface area (Å²) in [5.74, 6) is -2.31. The summed E-state index contributed by atoms with van der Waals surface area (Å²) >= 11 is 0. The Bertz CT molecular complexity index is 1130. The molecule has 0 saturated heterocycles. The molecule has 21 nitrogen and oxygen atoms in total. The summed E-state index contributed by atoms with van der Waals surface area (Å²) in [5.41, 5.74) is 0. The van der Waals surface area contributed by atoms with Gasteiger partial charge in [0.15, 0.2) is 6.29 Å². The van der Waals surface area contributed by atoms with E-state index in [2.05, 4.69) is 10.6 Å². The summed E-state index contributed by atoms with van der Waals surface area (Å²) in [6, 6.07) is -1.12. The van der Waals surface area contributed by atoms with E-state index in [1.807, 2.05) is 0 Å². The van der Waals surface area contributed by atoms with Gasteiger partial charge < -0.3 is 77.7 Å². The first-order chi connectivity index (χ1) is 32.9. The monoisotopic (exact) mass is 970 g/mol. The molecule has 1 unspecified atom stereocenters. The number of rotatable bonds is 57. The van der Waals surface area contributed by atoms with Gasteiger partial charge in [0.25, 0.3) is 0 Å². The molecule has 0 saturated carbocycles. The highest BCUT2D eigenvalue weighted by Crippen LogP contribution is 2.12. The van der Waals surface area contributed by atoms with E-state index in [9.17, 15) is 24.0 Å². The maximum Gasteiger partial charge on any atom is 0.326 e. The van der Waals surface area contributed by atoms with Gasteiger partial charge in [0.1, 0.15) is 6.04 Å². The molecule has 393 valence electrons. The normalized spacial score (nSPS) is 11.8. The van der Waals surface area contributed by atoms with Crippen LogP contribution < -0.4 is 10.6 Å². The number of amides is 2. The van der Waals surface area contributed by atoms with E-state index in [1.54, 1.807) is 6.29 Å². The van der Waals surface area contributed by atoms with E-state index >= 15 is 0 Å². The first-order valence-corrected chi connectivity index (χ1v) is 24.1. The SMILES string of the molecule is O=[C]CCC(NC(=O)CCOCCOCCOCCOCCOCCOCCOCCOCCOCCOCCOCCOCCNC(=O)CCCCCCCCCCCCC(=O)O)C(=O)O. The lowest BCUT2D eigenvalue weighted by Crippen LogP contribution is -2.41. The molecule has 1 atom stereocenters. The lowest BCUT2D eigenvalue weighted by molar-refractivity contribution is -0.142. The lowest BCUT2D eigenvalue weighted by atomic mass is 10.1. The molecule has 4 N–H and O–H groups in total. The summed E-state index contributed by atoms with van der Waals surface area (Å²) in [7, 11) is 0. The van der Waals surface area contributed by atoms with Gasteiger partial charge in [-0.3, -0.25) is 19.2 Å². The van der Waals surface area contributed by atoms with Crippen LogP contribution in [0.2, 0.25) is 0 Å². The molecule has 0 aromatic heterocycles. The summed E-state index contributed by atoms with van der Waals surface area (Å²) in [6.45, 7) is 10.7. The zero-order valence-corrected chi connectivity index (χ0v) is 40.2. The molecule has 0 bridgehead atoms. The molecule has 0 aliphatic carbocycles. The highest BCUT2D eigenvalue weighted by molar-refractivity contribution is 5.83. The van der Waals surface area contributed by atoms with Gasteiger partial charge in [-0.25, -0.2) is 4.79 Å². The zero-order valence-electron chi connectivity index (χ0n) is 40.2. The second kappa shape index (κ2) is 54.0. The van der Waals surface area contributed by atoms with E-state index in [0.29, 0.717) is 158 Å². The van der Waals surface area contributed by atoms with Crippen LogP contribution in [-0.2, 0) is 80.8 Å². The van der Waals surface area contributed by atoms with E-state index in [0.717, 1.165) is 38.5 Å². The fraction of sp³-hybridized carbons (Fsp3) is 0.891. The summed E-state index contributed by atoms with van der Waals surface area (Å²) in [6.07, 6.45) is 13.1. The Hall–Kier alpha value is -2.93. The molecule has 67 heavy (non-hydrogen) atoms. The fourth-order valence-corrected chi connectivity index (χ4v) is 5.74. The second-order valence-electron chi connectivity index (χ2n) is 15.0. The molecule has 21 heteroatoms. The molecule has 2 amide bonds. The number of carboxylic acid groups (broad SMARTS) is 2. The third-order valence-electron chi connectivity index (χ3n) is 9.35. The van der Waals surface area contributed by atoms with Gasteiger partial charge in [-0.1, -0.05) is 51.4 Å². The standard InChI is InChI=1S/C46H85N2O19/c49-17-11-12-42(46(54)55)48-44(51)15-18-56-20-22-58-24-26-60-28-30-62-32-34-64-36-38-66-40-41-67-39-37-65-35-33-63-31-29-61-27-25-59-23-21-57-19-16-47-43(50)13-9-7-5-3-1-2-4-6-8-10-14-45(52)53/h42H,1-16,18-41H2,(H,47,50)(H,48,51)(H,52,53)(H,54,55). The molecule has 0 heterocycles. The smallest absolute Gasteiger partial charge is 0.326 e. The number of carboxylic acids is 2. The lowest BCUT2D eigenvalue weighted by Gasteiger charge is -2.13. The molecule has 0 spiro atoms. The van der Waals surface area contributed by atoms with Crippen molar-refractivity contribution in [2.75, 3.05) is 165 Å².